The van der Waals surface area contributed by atoms with Gasteiger partial charge in [-0.15, -0.1) is 0 Å². The minimum atomic E-state index is 0.200. The Morgan fingerprint density at radius 2 is 2.41 bits per heavy atom. The first-order chi connectivity index (χ1) is 8.33. The highest BCUT2D eigenvalue weighted by Crippen LogP contribution is 2.20. The van der Waals surface area contributed by atoms with Crippen LogP contribution in [0.25, 0.3) is 0 Å². The maximum Gasteiger partial charge on any atom is 0.231 e. The molecule has 1 aliphatic heterocycles. The van der Waals surface area contributed by atoms with E-state index in [2.05, 4.69) is 17.1 Å². The number of ether oxygens (including phenoxy) is 1. The Morgan fingerprint density at radius 1 is 1.53 bits per heavy atom. The summed E-state index contributed by atoms with van der Waals surface area (Å²) in [5.41, 5.74) is 5.71. The lowest BCUT2D eigenvalue weighted by Gasteiger charge is -2.07. The second kappa shape index (κ2) is 6.12. The van der Waals surface area contributed by atoms with E-state index in [1.807, 2.05) is 0 Å². The smallest absolute Gasteiger partial charge is 0.231 e. The van der Waals surface area contributed by atoms with Crippen molar-refractivity contribution in [1.82, 2.24) is 10.1 Å². The van der Waals surface area contributed by atoms with Crippen LogP contribution >= 0.6 is 0 Å². The van der Waals surface area contributed by atoms with E-state index in [-0.39, 0.29) is 12.0 Å². The van der Waals surface area contributed by atoms with Gasteiger partial charge in [-0.3, -0.25) is 0 Å². The molecule has 1 aromatic rings. The van der Waals surface area contributed by atoms with Crippen LogP contribution in [0.5, 0.6) is 0 Å². The minimum absolute atomic E-state index is 0.200. The third-order valence-corrected chi connectivity index (χ3v) is 3.19. The summed E-state index contributed by atoms with van der Waals surface area (Å²) in [5, 5.41) is 4.01. The van der Waals surface area contributed by atoms with Gasteiger partial charge in [0.2, 0.25) is 5.89 Å². The molecule has 0 aliphatic carbocycles. The highest BCUT2D eigenvalue weighted by atomic mass is 16.5. The number of rotatable bonds is 6. The van der Waals surface area contributed by atoms with Crippen molar-refractivity contribution in [1.29, 1.82) is 0 Å². The topological polar surface area (TPSA) is 74.2 Å². The third kappa shape index (κ3) is 3.26. The largest absolute Gasteiger partial charge is 0.378 e. The molecular formula is C12H21N3O2. The maximum absolute atomic E-state index is 5.71. The second-order valence-corrected chi connectivity index (χ2v) is 4.61. The predicted octanol–water partition coefficient (Wildman–Crippen LogP) is 1.63. The van der Waals surface area contributed by atoms with E-state index in [0.29, 0.717) is 12.4 Å². The van der Waals surface area contributed by atoms with Crippen LogP contribution in [0.4, 0.5) is 0 Å². The van der Waals surface area contributed by atoms with Crippen LogP contribution in [0, 0.1) is 0 Å². The average molecular weight is 239 g/mol. The van der Waals surface area contributed by atoms with Gasteiger partial charge in [0.1, 0.15) is 0 Å². The fraction of sp³-hybridized carbons (Fsp3) is 0.833. The molecule has 5 heteroatoms. The van der Waals surface area contributed by atoms with Crippen molar-refractivity contribution in [3.05, 3.63) is 11.7 Å². The van der Waals surface area contributed by atoms with Crippen LogP contribution in [-0.2, 0) is 11.2 Å². The molecular weight excluding hydrogens is 218 g/mol. The molecule has 2 rings (SSSR count). The zero-order valence-electron chi connectivity index (χ0n) is 10.4. The lowest BCUT2D eigenvalue weighted by atomic mass is 10.0. The quantitative estimate of drug-likeness (QED) is 0.816. The van der Waals surface area contributed by atoms with Gasteiger partial charge in [0.15, 0.2) is 5.82 Å². The van der Waals surface area contributed by atoms with Crippen LogP contribution in [0.1, 0.15) is 50.2 Å². The molecule has 96 valence electrons. The zero-order valence-corrected chi connectivity index (χ0v) is 10.4. The molecule has 2 atom stereocenters. The fourth-order valence-corrected chi connectivity index (χ4v) is 2.22. The zero-order chi connectivity index (χ0) is 12.1. The fourth-order valence-electron chi connectivity index (χ4n) is 2.22. The normalized spacial score (nSPS) is 21.9. The van der Waals surface area contributed by atoms with Gasteiger partial charge in [0, 0.05) is 19.6 Å². The molecule has 2 heterocycles. The van der Waals surface area contributed by atoms with Crippen molar-refractivity contribution in [2.45, 2.75) is 51.0 Å². The Balaban J connectivity index is 1.94. The predicted molar refractivity (Wildman–Crippen MR) is 63.7 cm³/mol. The van der Waals surface area contributed by atoms with E-state index in [4.69, 9.17) is 15.0 Å². The van der Waals surface area contributed by atoms with Crippen LogP contribution < -0.4 is 5.73 Å². The monoisotopic (exact) mass is 239 g/mol. The summed E-state index contributed by atoms with van der Waals surface area (Å²) < 4.78 is 10.8. The van der Waals surface area contributed by atoms with Crippen LogP contribution in [0.15, 0.2) is 4.52 Å². The molecule has 0 saturated carbocycles. The Kier molecular flexibility index (Phi) is 4.50. The standard InChI is InChI=1S/C12H21N3O2/c1-2-4-9(8-13)12-14-11(15-17-12)7-10-5-3-6-16-10/h9-10H,2-8,13H2,1H3. The maximum atomic E-state index is 5.71. The van der Waals surface area contributed by atoms with E-state index in [0.717, 1.165) is 44.5 Å². The first-order valence-corrected chi connectivity index (χ1v) is 6.47. The average Bonchev–Trinajstić information content (AvgIpc) is 2.98. The number of nitrogens with zero attached hydrogens (tertiary/aromatic N) is 2. The molecule has 0 aromatic carbocycles. The Bertz CT molecular complexity index is 334. The summed E-state index contributed by atoms with van der Waals surface area (Å²) in [7, 11) is 0. The van der Waals surface area contributed by atoms with E-state index >= 15 is 0 Å². The first kappa shape index (κ1) is 12.5. The molecule has 0 spiro atoms. The molecule has 2 N–H and O–H groups in total. The summed E-state index contributed by atoms with van der Waals surface area (Å²) in [4.78, 5) is 4.43. The van der Waals surface area contributed by atoms with Gasteiger partial charge in [-0.25, -0.2) is 0 Å². The highest BCUT2D eigenvalue weighted by molar-refractivity contribution is 4.96. The van der Waals surface area contributed by atoms with E-state index in [9.17, 15) is 0 Å². The van der Waals surface area contributed by atoms with Gasteiger partial charge in [-0.05, 0) is 19.3 Å². The van der Waals surface area contributed by atoms with Gasteiger partial charge in [0.05, 0.1) is 12.0 Å². The molecule has 0 radical (unpaired) electrons. The lowest BCUT2D eigenvalue weighted by molar-refractivity contribution is 0.109. The molecule has 0 amide bonds. The van der Waals surface area contributed by atoms with Crippen molar-refractivity contribution in [3.63, 3.8) is 0 Å². The van der Waals surface area contributed by atoms with Crippen molar-refractivity contribution < 1.29 is 9.26 Å². The summed E-state index contributed by atoms with van der Waals surface area (Å²) in [5.74, 6) is 1.63. The third-order valence-electron chi connectivity index (χ3n) is 3.19. The van der Waals surface area contributed by atoms with Crippen molar-refractivity contribution in [3.8, 4) is 0 Å². The van der Waals surface area contributed by atoms with Crippen LogP contribution in [-0.4, -0.2) is 29.4 Å². The summed E-state index contributed by atoms with van der Waals surface area (Å²) in [6, 6.07) is 0. The van der Waals surface area contributed by atoms with E-state index in [1.165, 1.54) is 0 Å². The first-order valence-electron chi connectivity index (χ1n) is 6.47. The molecule has 2 unspecified atom stereocenters. The highest BCUT2D eigenvalue weighted by Gasteiger charge is 2.21. The number of hydrogen-bond acceptors (Lipinski definition) is 5. The van der Waals surface area contributed by atoms with Gasteiger partial charge in [0.25, 0.3) is 0 Å². The lowest BCUT2D eigenvalue weighted by Crippen LogP contribution is -2.13. The number of hydrogen-bond donors (Lipinski definition) is 1. The van der Waals surface area contributed by atoms with Gasteiger partial charge < -0.3 is 15.0 Å². The Morgan fingerprint density at radius 3 is 3.06 bits per heavy atom. The van der Waals surface area contributed by atoms with Crippen LogP contribution in [0.2, 0.25) is 0 Å². The molecule has 1 fully saturated rings. The van der Waals surface area contributed by atoms with E-state index < -0.39 is 0 Å². The Labute approximate surface area is 102 Å². The summed E-state index contributed by atoms with van der Waals surface area (Å²) in [6.07, 6.45) is 5.33. The molecule has 17 heavy (non-hydrogen) atoms. The van der Waals surface area contributed by atoms with Crippen molar-refractivity contribution >= 4 is 0 Å². The Hall–Kier alpha value is -0.940. The molecule has 1 aromatic heterocycles. The summed E-state index contributed by atoms with van der Waals surface area (Å²) in [6.45, 7) is 3.55. The van der Waals surface area contributed by atoms with Crippen molar-refractivity contribution in [2.24, 2.45) is 5.73 Å². The molecule has 5 nitrogen and oxygen atoms in total. The number of nitrogens with two attached hydrogens (primary N) is 1. The SMILES string of the molecule is CCCC(CN)c1nc(CC2CCCO2)no1. The summed E-state index contributed by atoms with van der Waals surface area (Å²) >= 11 is 0. The molecule has 0 bridgehead atoms. The van der Waals surface area contributed by atoms with Gasteiger partial charge in [-0.2, -0.15) is 4.98 Å². The van der Waals surface area contributed by atoms with Crippen LogP contribution in [0.3, 0.4) is 0 Å². The number of aromatic nitrogens is 2. The minimum Gasteiger partial charge on any atom is -0.378 e. The van der Waals surface area contributed by atoms with Gasteiger partial charge in [-0.1, -0.05) is 18.5 Å². The molecule has 1 saturated heterocycles. The molecule has 1 aliphatic rings. The van der Waals surface area contributed by atoms with Crippen molar-refractivity contribution in [2.75, 3.05) is 13.2 Å². The van der Waals surface area contributed by atoms with E-state index in [1.54, 1.807) is 0 Å². The van der Waals surface area contributed by atoms with Gasteiger partial charge >= 0.3 is 0 Å². The second-order valence-electron chi connectivity index (χ2n) is 4.61.